The molecule has 2 nitrogen and oxygen atoms in total. The molecule has 0 saturated carbocycles. The Morgan fingerprint density at radius 2 is 2.11 bits per heavy atom. The van der Waals surface area contributed by atoms with Gasteiger partial charge in [-0.15, -0.1) is 0 Å². The molecule has 0 aliphatic carbocycles. The van der Waals surface area contributed by atoms with Gasteiger partial charge < -0.3 is 5.32 Å². The molecule has 0 aliphatic heterocycles. The smallest absolute Gasteiger partial charge is 0.0702 e. The number of hydrogen-bond acceptors (Lipinski definition) is 3. The van der Waals surface area contributed by atoms with Gasteiger partial charge in [0, 0.05) is 28.6 Å². The van der Waals surface area contributed by atoms with Gasteiger partial charge in [0.1, 0.15) is 0 Å². The van der Waals surface area contributed by atoms with Crippen LogP contribution >= 0.6 is 11.8 Å². The summed E-state index contributed by atoms with van der Waals surface area (Å²) in [5, 5.41) is 5.33. The molecule has 0 saturated heterocycles. The van der Waals surface area contributed by atoms with Gasteiger partial charge in [-0.2, -0.15) is 11.8 Å². The van der Waals surface area contributed by atoms with Crippen LogP contribution in [0.4, 0.5) is 0 Å². The lowest BCUT2D eigenvalue weighted by atomic mass is 10.1. The topological polar surface area (TPSA) is 24.9 Å². The zero-order valence-electron chi connectivity index (χ0n) is 11.9. The summed E-state index contributed by atoms with van der Waals surface area (Å²) in [7, 11) is 2.02. The van der Waals surface area contributed by atoms with Crippen molar-refractivity contribution >= 4 is 22.7 Å². The third-order valence-electron chi connectivity index (χ3n) is 3.48. The third-order valence-corrected chi connectivity index (χ3v) is 4.91. The van der Waals surface area contributed by atoms with Crippen LogP contribution < -0.4 is 5.32 Å². The van der Waals surface area contributed by atoms with Crippen LogP contribution in [0.3, 0.4) is 0 Å². The van der Waals surface area contributed by atoms with Crippen molar-refractivity contribution < 1.29 is 0 Å². The first-order valence-electron chi connectivity index (χ1n) is 6.88. The minimum absolute atomic E-state index is 0.371. The fourth-order valence-electron chi connectivity index (χ4n) is 2.00. The van der Waals surface area contributed by atoms with Crippen molar-refractivity contribution in [1.29, 1.82) is 0 Å². The quantitative estimate of drug-likeness (QED) is 0.861. The van der Waals surface area contributed by atoms with Crippen LogP contribution in [0.5, 0.6) is 0 Å². The third kappa shape index (κ3) is 3.71. The van der Waals surface area contributed by atoms with Gasteiger partial charge in [0.15, 0.2) is 0 Å². The van der Waals surface area contributed by atoms with Gasteiger partial charge in [0.05, 0.1) is 5.52 Å². The minimum atomic E-state index is 0.371. The van der Waals surface area contributed by atoms with E-state index in [0.717, 1.165) is 11.3 Å². The molecule has 1 aromatic carbocycles. The molecule has 0 radical (unpaired) electrons. The summed E-state index contributed by atoms with van der Waals surface area (Å²) in [5.74, 6) is 1.09. The lowest BCUT2D eigenvalue weighted by Crippen LogP contribution is -2.20. The van der Waals surface area contributed by atoms with Crippen LogP contribution in [0.2, 0.25) is 0 Å². The molecule has 2 rings (SSSR count). The molecule has 0 spiro atoms. The van der Waals surface area contributed by atoms with E-state index >= 15 is 0 Å². The first kappa shape index (κ1) is 14.4. The summed E-state index contributed by atoms with van der Waals surface area (Å²) in [4.78, 5) is 4.55. The standard InChI is InChI=1S/C16H22N2S/c1-4-12(2)19-11-16(17-3)14-9-13-7-5-6-8-15(13)18-10-14/h5-10,12,16-17H,4,11H2,1-3H3. The maximum atomic E-state index is 4.55. The molecule has 3 heteroatoms. The number of para-hydroxylation sites is 1. The van der Waals surface area contributed by atoms with E-state index in [1.807, 2.05) is 31.1 Å². The van der Waals surface area contributed by atoms with Gasteiger partial charge in [-0.25, -0.2) is 0 Å². The van der Waals surface area contributed by atoms with Gasteiger partial charge in [-0.3, -0.25) is 4.98 Å². The van der Waals surface area contributed by atoms with Crippen LogP contribution in [-0.2, 0) is 0 Å². The Bertz CT molecular complexity index is 527. The molecule has 1 heterocycles. The molecule has 0 fully saturated rings. The predicted octanol–water partition coefficient (Wildman–Crippen LogP) is 4.03. The zero-order chi connectivity index (χ0) is 13.7. The summed E-state index contributed by atoms with van der Waals surface area (Å²) < 4.78 is 0. The van der Waals surface area contributed by atoms with Crippen molar-refractivity contribution in [1.82, 2.24) is 10.3 Å². The Morgan fingerprint density at radius 3 is 2.84 bits per heavy atom. The maximum Gasteiger partial charge on any atom is 0.0702 e. The van der Waals surface area contributed by atoms with E-state index in [0.29, 0.717) is 11.3 Å². The SMILES string of the molecule is CCC(C)SCC(NC)c1cnc2ccccc2c1. The molecule has 2 unspecified atom stereocenters. The number of pyridine rings is 1. The van der Waals surface area contributed by atoms with Crippen LogP contribution in [0.15, 0.2) is 36.5 Å². The molecule has 2 aromatic rings. The molecule has 0 bridgehead atoms. The fraction of sp³-hybridized carbons (Fsp3) is 0.438. The number of nitrogens with one attached hydrogen (secondary N) is 1. The second-order valence-corrected chi connectivity index (χ2v) is 6.33. The van der Waals surface area contributed by atoms with Gasteiger partial charge in [-0.1, -0.05) is 32.0 Å². The Balaban J connectivity index is 2.15. The summed E-state index contributed by atoms with van der Waals surface area (Å²) in [6.45, 7) is 4.53. The maximum absolute atomic E-state index is 4.55. The molecule has 19 heavy (non-hydrogen) atoms. The monoisotopic (exact) mass is 274 g/mol. The molecular weight excluding hydrogens is 252 g/mol. The van der Waals surface area contributed by atoms with Gasteiger partial charge in [0.25, 0.3) is 0 Å². The van der Waals surface area contributed by atoms with Crippen molar-refractivity contribution in [3.8, 4) is 0 Å². The minimum Gasteiger partial charge on any atom is -0.312 e. The molecule has 0 aliphatic rings. The van der Waals surface area contributed by atoms with E-state index in [1.54, 1.807) is 0 Å². The first-order chi connectivity index (χ1) is 9.24. The summed E-state index contributed by atoms with van der Waals surface area (Å²) in [6.07, 6.45) is 3.22. The predicted molar refractivity (Wildman–Crippen MR) is 85.8 cm³/mol. The van der Waals surface area contributed by atoms with Crippen molar-refractivity contribution in [2.75, 3.05) is 12.8 Å². The Labute approximate surface area is 120 Å². The summed E-state index contributed by atoms with van der Waals surface area (Å²) in [6, 6.07) is 10.9. The number of thioether (sulfide) groups is 1. The Morgan fingerprint density at radius 1 is 1.32 bits per heavy atom. The van der Waals surface area contributed by atoms with E-state index in [1.165, 1.54) is 17.4 Å². The highest BCUT2D eigenvalue weighted by Gasteiger charge is 2.12. The number of hydrogen-bond donors (Lipinski definition) is 1. The average Bonchev–Trinajstić information content (AvgIpc) is 2.47. The average molecular weight is 274 g/mol. The van der Waals surface area contributed by atoms with E-state index < -0.39 is 0 Å². The van der Waals surface area contributed by atoms with Crippen LogP contribution in [0, 0.1) is 0 Å². The molecule has 2 atom stereocenters. The number of rotatable bonds is 6. The van der Waals surface area contributed by atoms with E-state index in [4.69, 9.17) is 0 Å². The normalized spacial score (nSPS) is 14.5. The van der Waals surface area contributed by atoms with Crippen LogP contribution in [-0.4, -0.2) is 23.0 Å². The molecule has 1 N–H and O–H groups in total. The highest BCUT2D eigenvalue weighted by molar-refractivity contribution is 7.99. The van der Waals surface area contributed by atoms with Gasteiger partial charge in [-0.05, 0) is 31.2 Å². The van der Waals surface area contributed by atoms with Crippen LogP contribution in [0.25, 0.3) is 10.9 Å². The number of nitrogens with zero attached hydrogens (tertiary/aromatic N) is 1. The molecule has 0 amide bonds. The number of aromatic nitrogens is 1. The zero-order valence-corrected chi connectivity index (χ0v) is 12.7. The van der Waals surface area contributed by atoms with Crippen molar-refractivity contribution in [3.63, 3.8) is 0 Å². The molecule has 1 aromatic heterocycles. The Hall–Kier alpha value is -1.06. The van der Waals surface area contributed by atoms with Crippen molar-refractivity contribution in [2.45, 2.75) is 31.6 Å². The molecule has 102 valence electrons. The fourth-order valence-corrected chi connectivity index (χ4v) is 3.12. The second-order valence-electron chi connectivity index (χ2n) is 4.85. The first-order valence-corrected chi connectivity index (χ1v) is 7.93. The van der Waals surface area contributed by atoms with E-state index in [-0.39, 0.29) is 0 Å². The second kappa shape index (κ2) is 6.92. The summed E-state index contributed by atoms with van der Waals surface area (Å²) >= 11 is 2.02. The van der Waals surface area contributed by atoms with E-state index in [9.17, 15) is 0 Å². The Kier molecular flexibility index (Phi) is 5.23. The van der Waals surface area contributed by atoms with Gasteiger partial charge in [0.2, 0.25) is 0 Å². The molecular formula is C16H22N2S. The van der Waals surface area contributed by atoms with Crippen LogP contribution in [0.1, 0.15) is 31.9 Å². The number of benzene rings is 1. The lowest BCUT2D eigenvalue weighted by molar-refractivity contribution is 0.658. The van der Waals surface area contributed by atoms with Crippen molar-refractivity contribution in [2.24, 2.45) is 0 Å². The van der Waals surface area contributed by atoms with E-state index in [2.05, 4.69) is 48.4 Å². The largest absolute Gasteiger partial charge is 0.312 e. The number of fused-ring (bicyclic) bond motifs is 1. The highest BCUT2D eigenvalue weighted by atomic mass is 32.2. The highest BCUT2D eigenvalue weighted by Crippen LogP contribution is 2.24. The van der Waals surface area contributed by atoms with Gasteiger partial charge >= 0.3 is 0 Å². The summed E-state index contributed by atoms with van der Waals surface area (Å²) in [5.41, 5.74) is 2.34. The van der Waals surface area contributed by atoms with Crippen molar-refractivity contribution in [3.05, 3.63) is 42.1 Å². The lowest BCUT2D eigenvalue weighted by Gasteiger charge is -2.18.